The van der Waals surface area contributed by atoms with E-state index in [0.717, 1.165) is 31.6 Å². The number of ether oxygens (including phenoxy) is 1. The molecular weight excluding hydrogens is 369 g/mol. The van der Waals surface area contributed by atoms with E-state index in [-0.39, 0.29) is 36.8 Å². The highest BCUT2D eigenvalue weighted by atomic mass is 35.5. The molecule has 132 valence electrons. The second-order valence-electron chi connectivity index (χ2n) is 5.31. The van der Waals surface area contributed by atoms with Gasteiger partial charge in [0.2, 0.25) is 0 Å². The molecule has 5 nitrogen and oxygen atoms in total. The summed E-state index contributed by atoms with van der Waals surface area (Å²) in [5.41, 5.74) is 3.30. The van der Waals surface area contributed by atoms with Crippen molar-refractivity contribution in [3.63, 3.8) is 0 Å². The van der Waals surface area contributed by atoms with Gasteiger partial charge in [-0.05, 0) is 37.6 Å². The summed E-state index contributed by atoms with van der Waals surface area (Å²) in [6.07, 6.45) is 2.13. The van der Waals surface area contributed by atoms with Crippen LogP contribution in [0.5, 0.6) is 5.75 Å². The van der Waals surface area contributed by atoms with Gasteiger partial charge >= 0.3 is 0 Å². The fraction of sp³-hybridized carbons (Fsp3) is 0.375. The van der Waals surface area contributed by atoms with Gasteiger partial charge in [-0.1, -0.05) is 6.07 Å². The smallest absolute Gasteiger partial charge is 0.251 e. The van der Waals surface area contributed by atoms with Crippen LogP contribution in [0.2, 0.25) is 0 Å². The molecule has 2 aromatic rings. The molecule has 0 saturated carbocycles. The lowest BCUT2D eigenvalue weighted by atomic mass is 10.1. The normalized spacial score (nSPS) is 16.4. The van der Waals surface area contributed by atoms with Crippen LogP contribution in [0.25, 0.3) is 0 Å². The third-order valence-corrected chi connectivity index (χ3v) is 4.23. The maximum Gasteiger partial charge on any atom is 0.251 e. The molecule has 1 aromatic heterocycles. The van der Waals surface area contributed by atoms with Crippen molar-refractivity contribution in [3.8, 4) is 5.75 Å². The second kappa shape index (κ2) is 10.5. The third kappa shape index (κ3) is 5.94. The van der Waals surface area contributed by atoms with E-state index < -0.39 is 0 Å². The SMILES string of the molecule is Cl.Cl.O=C(N[C@H]1CCCNC1)c1cccc(OCc2cscn2)c1. The zero-order chi connectivity index (χ0) is 15.2. The largest absolute Gasteiger partial charge is 0.487 e. The molecule has 0 unspecified atom stereocenters. The first-order chi connectivity index (χ1) is 10.8. The highest BCUT2D eigenvalue weighted by Gasteiger charge is 2.16. The lowest BCUT2D eigenvalue weighted by Gasteiger charge is -2.23. The maximum atomic E-state index is 12.3. The van der Waals surface area contributed by atoms with Crippen molar-refractivity contribution in [2.75, 3.05) is 13.1 Å². The number of benzene rings is 1. The van der Waals surface area contributed by atoms with Crippen LogP contribution in [0.1, 0.15) is 28.9 Å². The van der Waals surface area contributed by atoms with E-state index in [4.69, 9.17) is 4.74 Å². The molecule has 2 heterocycles. The minimum absolute atomic E-state index is 0. The molecule has 0 aliphatic carbocycles. The summed E-state index contributed by atoms with van der Waals surface area (Å²) in [6.45, 7) is 2.29. The summed E-state index contributed by atoms with van der Waals surface area (Å²) in [5, 5.41) is 8.31. The number of halogens is 2. The van der Waals surface area contributed by atoms with Crippen LogP contribution in [0.3, 0.4) is 0 Å². The topological polar surface area (TPSA) is 63.2 Å². The summed E-state index contributed by atoms with van der Waals surface area (Å²) < 4.78 is 5.68. The van der Waals surface area contributed by atoms with Crippen molar-refractivity contribution in [2.24, 2.45) is 0 Å². The zero-order valence-electron chi connectivity index (χ0n) is 13.1. The second-order valence-corrected chi connectivity index (χ2v) is 6.03. The van der Waals surface area contributed by atoms with Gasteiger partial charge in [0.1, 0.15) is 12.4 Å². The van der Waals surface area contributed by atoms with Crippen LogP contribution in [0.15, 0.2) is 35.2 Å². The Kier molecular flexibility index (Phi) is 9.07. The third-order valence-electron chi connectivity index (χ3n) is 3.60. The Balaban J connectivity index is 0.00000144. The van der Waals surface area contributed by atoms with E-state index in [1.54, 1.807) is 29.0 Å². The fourth-order valence-electron chi connectivity index (χ4n) is 2.44. The van der Waals surface area contributed by atoms with Crippen molar-refractivity contribution < 1.29 is 9.53 Å². The molecule has 0 radical (unpaired) electrons. The number of rotatable bonds is 5. The molecule has 2 N–H and O–H groups in total. The number of amides is 1. The first-order valence-corrected chi connectivity index (χ1v) is 8.37. The van der Waals surface area contributed by atoms with Crippen molar-refractivity contribution in [3.05, 3.63) is 46.4 Å². The van der Waals surface area contributed by atoms with Gasteiger partial charge in [0.05, 0.1) is 11.2 Å². The van der Waals surface area contributed by atoms with Crippen molar-refractivity contribution in [1.29, 1.82) is 0 Å². The predicted molar refractivity (Wildman–Crippen MR) is 101 cm³/mol. The van der Waals surface area contributed by atoms with Crippen LogP contribution in [0, 0.1) is 0 Å². The molecule has 1 aliphatic heterocycles. The van der Waals surface area contributed by atoms with Crippen LogP contribution in [-0.2, 0) is 6.61 Å². The average Bonchev–Trinajstić information content (AvgIpc) is 3.08. The Bertz CT molecular complexity index is 620. The van der Waals surface area contributed by atoms with Crippen LogP contribution in [-0.4, -0.2) is 30.0 Å². The van der Waals surface area contributed by atoms with Crippen LogP contribution >= 0.6 is 36.2 Å². The number of aromatic nitrogens is 1. The summed E-state index contributed by atoms with van der Waals surface area (Å²) in [4.78, 5) is 16.5. The van der Waals surface area contributed by atoms with Gasteiger partial charge in [0.25, 0.3) is 5.91 Å². The van der Waals surface area contributed by atoms with Gasteiger partial charge in [0, 0.05) is 23.5 Å². The number of carbonyl (C=O) groups is 1. The summed E-state index contributed by atoms with van der Waals surface area (Å²) in [5.74, 6) is 0.634. The van der Waals surface area contributed by atoms with Gasteiger partial charge in [-0.15, -0.1) is 36.2 Å². The Labute approximate surface area is 158 Å². The van der Waals surface area contributed by atoms with Crippen molar-refractivity contribution in [1.82, 2.24) is 15.6 Å². The number of nitrogens with one attached hydrogen (secondary N) is 2. The van der Waals surface area contributed by atoms with Gasteiger partial charge < -0.3 is 15.4 Å². The molecule has 24 heavy (non-hydrogen) atoms. The Morgan fingerprint density at radius 2 is 2.29 bits per heavy atom. The van der Waals surface area contributed by atoms with E-state index in [0.29, 0.717) is 17.9 Å². The van der Waals surface area contributed by atoms with E-state index in [1.165, 1.54) is 0 Å². The quantitative estimate of drug-likeness (QED) is 0.824. The summed E-state index contributed by atoms with van der Waals surface area (Å²) >= 11 is 1.54. The van der Waals surface area contributed by atoms with Gasteiger partial charge in [0.15, 0.2) is 0 Å². The minimum atomic E-state index is -0.0483. The Hall–Kier alpha value is -1.34. The monoisotopic (exact) mass is 389 g/mol. The van der Waals surface area contributed by atoms with Crippen molar-refractivity contribution >= 4 is 42.1 Å². The lowest BCUT2D eigenvalue weighted by Crippen LogP contribution is -2.45. The molecule has 0 spiro atoms. The van der Waals surface area contributed by atoms with Gasteiger partial charge in [-0.2, -0.15) is 0 Å². The Morgan fingerprint density at radius 1 is 1.42 bits per heavy atom. The molecule has 1 saturated heterocycles. The Morgan fingerprint density at radius 3 is 3.00 bits per heavy atom. The molecule has 8 heteroatoms. The molecule has 0 bridgehead atoms. The summed E-state index contributed by atoms with van der Waals surface area (Å²) in [7, 11) is 0. The van der Waals surface area contributed by atoms with Crippen LogP contribution < -0.4 is 15.4 Å². The number of piperidine rings is 1. The van der Waals surface area contributed by atoms with E-state index in [1.807, 2.05) is 17.5 Å². The average molecular weight is 390 g/mol. The number of hydrogen-bond acceptors (Lipinski definition) is 5. The van der Waals surface area contributed by atoms with Gasteiger partial charge in [-0.25, -0.2) is 4.98 Å². The van der Waals surface area contributed by atoms with Crippen LogP contribution in [0.4, 0.5) is 0 Å². The number of hydrogen-bond donors (Lipinski definition) is 2. The maximum absolute atomic E-state index is 12.3. The first-order valence-electron chi connectivity index (χ1n) is 7.43. The first kappa shape index (κ1) is 20.7. The predicted octanol–water partition coefficient (Wildman–Crippen LogP) is 3.05. The standard InChI is InChI=1S/C16H19N3O2S.2ClH/c20-16(19-13-4-2-6-17-8-13)12-3-1-5-15(7-12)21-9-14-10-22-11-18-14;;/h1,3,5,7,10-11,13,17H,2,4,6,8-9H2,(H,19,20);2*1H/t13-;;/m0../s1. The minimum Gasteiger partial charge on any atom is -0.487 e. The van der Waals surface area contributed by atoms with E-state index in [2.05, 4.69) is 15.6 Å². The van der Waals surface area contributed by atoms with Crippen molar-refractivity contribution in [2.45, 2.75) is 25.5 Å². The molecule has 1 amide bonds. The highest BCUT2D eigenvalue weighted by molar-refractivity contribution is 7.07. The zero-order valence-corrected chi connectivity index (χ0v) is 15.5. The molecule has 1 aliphatic rings. The number of thiazole rings is 1. The molecule has 1 aromatic carbocycles. The lowest BCUT2D eigenvalue weighted by molar-refractivity contribution is 0.0930. The summed E-state index contributed by atoms with van der Waals surface area (Å²) in [6, 6.07) is 7.48. The van der Waals surface area contributed by atoms with E-state index in [9.17, 15) is 4.79 Å². The molecule has 1 fully saturated rings. The molecular formula is C16H21Cl2N3O2S. The number of nitrogens with zero attached hydrogens (tertiary/aromatic N) is 1. The van der Waals surface area contributed by atoms with E-state index >= 15 is 0 Å². The fourth-order valence-corrected chi connectivity index (χ4v) is 2.98. The molecule has 1 atom stereocenters. The van der Waals surface area contributed by atoms with Gasteiger partial charge in [-0.3, -0.25) is 4.79 Å². The molecule has 3 rings (SSSR count). The number of carbonyl (C=O) groups excluding carboxylic acids is 1. The highest BCUT2D eigenvalue weighted by Crippen LogP contribution is 2.16.